The Morgan fingerprint density at radius 2 is 1.79 bits per heavy atom. The molecule has 0 aromatic carbocycles. The topological polar surface area (TPSA) is 47.0 Å². The predicted molar refractivity (Wildman–Crippen MR) is 75.7 cm³/mol. The summed E-state index contributed by atoms with van der Waals surface area (Å²) in [7, 11) is 1.90. The van der Waals surface area contributed by atoms with Crippen molar-refractivity contribution in [3.05, 3.63) is 11.9 Å². The number of nitrogens with zero attached hydrogens (tertiary/aromatic N) is 2. The third kappa shape index (κ3) is 3.37. The Balaban J connectivity index is 1.73. The summed E-state index contributed by atoms with van der Waals surface area (Å²) >= 11 is 0. The van der Waals surface area contributed by atoms with Crippen LogP contribution in [-0.2, 0) is 0 Å². The van der Waals surface area contributed by atoms with Crippen molar-refractivity contribution in [1.29, 1.82) is 0 Å². The Morgan fingerprint density at radius 1 is 1.05 bits per heavy atom. The lowest BCUT2D eigenvalue weighted by atomic mass is 10.1. The van der Waals surface area contributed by atoms with Gasteiger partial charge >= 0.3 is 0 Å². The fourth-order valence-electron chi connectivity index (χ4n) is 2.69. The summed E-state index contributed by atoms with van der Waals surface area (Å²) in [5, 5.41) is 3.11. The Kier molecular flexibility index (Phi) is 3.85. The van der Waals surface area contributed by atoms with Gasteiger partial charge in [0.15, 0.2) is 0 Å². The van der Waals surface area contributed by atoms with Crippen molar-refractivity contribution in [1.82, 2.24) is 9.97 Å². The molecule has 4 heteroatoms. The van der Waals surface area contributed by atoms with Crippen LogP contribution in [0.1, 0.15) is 63.1 Å². The minimum atomic E-state index is 0.342. The van der Waals surface area contributed by atoms with Gasteiger partial charge in [-0.05, 0) is 38.5 Å². The van der Waals surface area contributed by atoms with Crippen LogP contribution in [0.4, 0.5) is 5.82 Å². The zero-order valence-corrected chi connectivity index (χ0v) is 11.7. The van der Waals surface area contributed by atoms with Gasteiger partial charge in [-0.2, -0.15) is 4.98 Å². The lowest BCUT2D eigenvalue weighted by molar-refractivity contribution is 0.175. The van der Waals surface area contributed by atoms with Gasteiger partial charge in [-0.25, -0.2) is 4.98 Å². The molecule has 0 atom stereocenters. The van der Waals surface area contributed by atoms with Gasteiger partial charge in [0.2, 0.25) is 5.88 Å². The van der Waals surface area contributed by atoms with E-state index in [0.29, 0.717) is 12.0 Å². The predicted octanol–water partition coefficient (Wildman–Crippen LogP) is 3.50. The molecule has 1 aromatic heterocycles. The molecular weight excluding hydrogens is 238 g/mol. The zero-order chi connectivity index (χ0) is 13.1. The van der Waals surface area contributed by atoms with Gasteiger partial charge in [0.25, 0.3) is 0 Å². The van der Waals surface area contributed by atoms with E-state index in [1.807, 2.05) is 13.1 Å². The molecule has 19 heavy (non-hydrogen) atoms. The van der Waals surface area contributed by atoms with Crippen molar-refractivity contribution in [2.24, 2.45) is 0 Å². The van der Waals surface area contributed by atoms with E-state index in [1.54, 1.807) is 0 Å². The number of hydrogen-bond donors (Lipinski definition) is 1. The van der Waals surface area contributed by atoms with Crippen LogP contribution in [0.5, 0.6) is 5.88 Å². The number of nitrogens with one attached hydrogen (secondary N) is 1. The van der Waals surface area contributed by atoms with Crippen LogP contribution < -0.4 is 10.1 Å². The molecule has 0 spiro atoms. The van der Waals surface area contributed by atoms with Crippen molar-refractivity contribution in [2.75, 3.05) is 12.4 Å². The molecule has 104 valence electrons. The van der Waals surface area contributed by atoms with E-state index in [1.165, 1.54) is 38.5 Å². The van der Waals surface area contributed by atoms with E-state index in [2.05, 4.69) is 15.3 Å². The molecular formula is C15H23N3O. The number of anilines is 1. The monoisotopic (exact) mass is 261 g/mol. The van der Waals surface area contributed by atoms with Crippen LogP contribution in [0.15, 0.2) is 6.07 Å². The van der Waals surface area contributed by atoms with Crippen LogP contribution in [0.25, 0.3) is 0 Å². The number of rotatable bonds is 4. The highest BCUT2D eigenvalue weighted by molar-refractivity contribution is 5.38. The second-order valence-electron chi connectivity index (χ2n) is 5.71. The first-order valence-corrected chi connectivity index (χ1v) is 7.58. The molecule has 0 amide bonds. The average molecular weight is 261 g/mol. The number of hydrogen-bond acceptors (Lipinski definition) is 4. The second kappa shape index (κ2) is 5.76. The van der Waals surface area contributed by atoms with Crippen LogP contribution in [0, 0.1) is 0 Å². The number of ether oxygens (including phenoxy) is 1. The number of aromatic nitrogens is 2. The summed E-state index contributed by atoms with van der Waals surface area (Å²) in [5.41, 5.74) is 0. The van der Waals surface area contributed by atoms with E-state index in [9.17, 15) is 0 Å². The van der Waals surface area contributed by atoms with Crippen molar-refractivity contribution in [3.63, 3.8) is 0 Å². The van der Waals surface area contributed by atoms with Gasteiger partial charge in [0.1, 0.15) is 17.7 Å². The van der Waals surface area contributed by atoms with E-state index in [4.69, 9.17) is 4.74 Å². The first-order chi connectivity index (χ1) is 9.35. The van der Waals surface area contributed by atoms with E-state index in [-0.39, 0.29) is 0 Å². The summed E-state index contributed by atoms with van der Waals surface area (Å²) in [4.78, 5) is 9.12. The normalized spacial score (nSPS) is 20.9. The molecule has 2 fully saturated rings. The molecule has 2 aliphatic carbocycles. The Bertz CT molecular complexity index is 423. The standard InChI is InChI=1S/C15H23N3O/c1-16-13-10-14(18-15(17-13)11-8-9-11)19-12-6-4-2-3-5-7-12/h10-12H,2-9H2,1H3,(H,16,17,18). The molecule has 4 nitrogen and oxygen atoms in total. The Labute approximate surface area is 115 Å². The molecule has 1 heterocycles. The summed E-state index contributed by atoms with van der Waals surface area (Å²) in [6.07, 6.45) is 10.4. The Hall–Kier alpha value is -1.32. The molecule has 0 bridgehead atoms. The van der Waals surface area contributed by atoms with Gasteiger partial charge in [0, 0.05) is 19.0 Å². The lowest BCUT2D eigenvalue weighted by Crippen LogP contribution is -2.16. The van der Waals surface area contributed by atoms with Gasteiger partial charge in [-0.1, -0.05) is 12.8 Å². The van der Waals surface area contributed by atoms with Crippen LogP contribution >= 0.6 is 0 Å². The van der Waals surface area contributed by atoms with Crippen LogP contribution in [0.2, 0.25) is 0 Å². The smallest absolute Gasteiger partial charge is 0.219 e. The van der Waals surface area contributed by atoms with Crippen LogP contribution in [0.3, 0.4) is 0 Å². The first kappa shape index (κ1) is 12.7. The summed E-state index contributed by atoms with van der Waals surface area (Å²) in [6.45, 7) is 0. The molecule has 2 saturated carbocycles. The summed E-state index contributed by atoms with van der Waals surface area (Å²) in [5.74, 6) is 3.15. The molecule has 0 aliphatic heterocycles. The zero-order valence-electron chi connectivity index (χ0n) is 11.7. The van der Waals surface area contributed by atoms with Gasteiger partial charge < -0.3 is 10.1 Å². The highest BCUT2D eigenvalue weighted by Crippen LogP contribution is 2.39. The Morgan fingerprint density at radius 3 is 2.42 bits per heavy atom. The van der Waals surface area contributed by atoms with Gasteiger partial charge in [0.05, 0.1) is 0 Å². The molecule has 0 unspecified atom stereocenters. The highest BCUT2D eigenvalue weighted by atomic mass is 16.5. The maximum Gasteiger partial charge on any atom is 0.219 e. The van der Waals surface area contributed by atoms with Crippen molar-refractivity contribution >= 4 is 5.82 Å². The summed E-state index contributed by atoms with van der Waals surface area (Å²) in [6, 6.07) is 1.93. The molecule has 2 aliphatic rings. The summed E-state index contributed by atoms with van der Waals surface area (Å²) < 4.78 is 6.11. The molecule has 1 N–H and O–H groups in total. The van der Waals surface area contributed by atoms with Crippen LogP contribution in [-0.4, -0.2) is 23.1 Å². The van der Waals surface area contributed by atoms with Crippen molar-refractivity contribution in [3.8, 4) is 5.88 Å². The van der Waals surface area contributed by atoms with Crippen molar-refractivity contribution < 1.29 is 4.74 Å². The SMILES string of the molecule is CNc1cc(OC2CCCCCC2)nc(C2CC2)n1. The van der Waals surface area contributed by atoms with E-state index < -0.39 is 0 Å². The maximum atomic E-state index is 6.11. The quantitative estimate of drug-likeness (QED) is 0.843. The van der Waals surface area contributed by atoms with Gasteiger partial charge in [-0.15, -0.1) is 0 Å². The largest absolute Gasteiger partial charge is 0.474 e. The van der Waals surface area contributed by atoms with E-state index in [0.717, 1.165) is 30.4 Å². The third-order valence-corrected chi connectivity index (χ3v) is 4.01. The third-order valence-electron chi connectivity index (χ3n) is 4.01. The maximum absolute atomic E-state index is 6.11. The second-order valence-corrected chi connectivity index (χ2v) is 5.71. The highest BCUT2D eigenvalue weighted by Gasteiger charge is 2.28. The minimum absolute atomic E-state index is 0.342. The lowest BCUT2D eigenvalue weighted by Gasteiger charge is -2.17. The molecule has 3 rings (SSSR count). The van der Waals surface area contributed by atoms with Gasteiger partial charge in [-0.3, -0.25) is 0 Å². The minimum Gasteiger partial charge on any atom is -0.474 e. The molecule has 0 radical (unpaired) electrons. The fourth-order valence-corrected chi connectivity index (χ4v) is 2.69. The van der Waals surface area contributed by atoms with Crippen molar-refractivity contribution in [2.45, 2.75) is 63.4 Å². The van der Waals surface area contributed by atoms with E-state index >= 15 is 0 Å². The molecule has 0 saturated heterocycles. The fraction of sp³-hybridized carbons (Fsp3) is 0.733. The molecule has 1 aromatic rings. The average Bonchev–Trinajstić information content (AvgIpc) is 3.26. The first-order valence-electron chi connectivity index (χ1n) is 7.58.